The van der Waals surface area contributed by atoms with E-state index in [4.69, 9.17) is 9.15 Å². The monoisotopic (exact) mass is 318 g/mol. The van der Waals surface area contributed by atoms with Crippen molar-refractivity contribution in [2.45, 2.75) is 60.0 Å². The number of rotatable bonds is 2. The van der Waals surface area contributed by atoms with Crippen LogP contribution in [0.1, 0.15) is 62.2 Å². The molecule has 4 atom stereocenters. The maximum atomic E-state index is 12.9. The van der Waals surface area contributed by atoms with Crippen LogP contribution in [0, 0.1) is 30.1 Å². The Kier molecular flexibility index (Phi) is 3.89. The Morgan fingerprint density at radius 3 is 2.74 bits per heavy atom. The van der Waals surface area contributed by atoms with E-state index in [1.165, 1.54) is 0 Å². The minimum atomic E-state index is -0.182. The van der Waals surface area contributed by atoms with Crippen LogP contribution in [-0.4, -0.2) is 17.9 Å². The van der Waals surface area contributed by atoms with Gasteiger partial charge in [-0.05, 0) is 43.1 Å². The van der Waals surface area contributed by atoms with Gasteiger partial charge in [0.05, 0.1) is 12.2 Å². The molecule has 23 heavy (non-hydrogen) atoms. The molecule has 0 spiro atoms. The van der Waals surface area contributed by atoms with E-state index < -0.39 is 0 Å². The molecule has 126 valence electrons. The molecule has 0 unspecified atom stereocenters. The number of fused-ring (bicyclic) bond motifs is 2. The second-order valence-electron chi connectivity index (χ2n) is 7.82. The Bertz CT molecular complexity index is 642. The summed E-state index contributed by atoms with van der Waals surface area (Å²) in [4.78, 5) is 24.8. The quantitative estimate of drug-likeness (QED) is 0.775. The largest absolute Gasteiger partial charge is 0.462 e. The fourth-order valence-corrected chi connectivity index (χ4v) is 4.25. The third-order valence-electron chi connectivity index (χ3n) is 6.07. The molecule has 2 aliphatic carbocycles. The van der Waals surface area contributed by atoms with E-state index in [2.05, 4.69) is 13.8 Å². The summed E-state index contributed by atoms with van der Waals surface area (Å²) in [5.41, 5.74) is 1.90. The van der Waals surface area contributed by atoms with Crippen LogP contribution < -0.4 is 0 Å². The first-order valence-electron chi connectivity index (χ1n) is 8.57. The number of hydrogen-bond acceptors (Lipinski definition) is 4. The number of carbonyl (C=O) groups excluding carboxylic acids is 2. The number of ketones is 1. The van der Waals surface area contributed by atoms with Gasteiger partial charge in [-0.2, -0.15) is 0 Å². The smallest absolute Gasteiger partial charge is 0.308 e. The Morgan fingerprint density at radius 2 is 2.09 bits per heavy atom. The van der Waals surface area contributed by atoms with Crippen molar-refractivity contribution in [2.24, 2.45) is 23.2 Å². The molecule has 0 radical (unpaired) electrons. The lowest BCUT2D eigenvalue weighted by atomic mass is 9.54. The van der Waals surface area contributed by atoms with Gasteiger partial charge in [-0.15, -0.1) is 0 Å². The summed E-state index contributed by atoms with van der Waals surface area (Å²) in [6.45, 7) is 9.99. The molecule has 0 N–H and O–H groups in total. The van der Waals surface area contributed by atoms with Crippen LogP contribution in [0.2, 0.25) is 0 Å². The molecule has 1 heterocycles. The van der Waals surface area contributed by atoms with Gasteiger partial charge in [0.1, 0.15) is 6.10 Å². The van der Waals surface area contributed by atoms with Crippen LogP contribution in [0.5, 0.6) is 0 Å². The normalized spacial score (nSPS) is 33.3. The third-order valence-corrected chi connectivity index (χ3v) is 6.07. The highest BCUT2D eigenvalue weighted by Crippen LogP contribution is 2.53. The molecule has 1 aromatic heterocycles. The lowest BCUT2D eigenvalue weighted by molar-refractivity contribution is -0.163. The number of hydrogen-bond donors (Lipinski definition) is 0. The van der Waals surface area contributed by atoms with E-state index in [1.54, 1.807) is 6.26 Å². The zero-order valence-electron chi connectivity index (χ0n) is 14.6. The number of Topliss-reactive ketones (excluding diaryl/α,β-unsaturated/α-hetero) is 1. The molecule has 0 amide bonds. The zero-order valence-corrected chi connectivity index (χ0v) is 14.6. The van der Waals surface area contributed by atoms with Crippen LogP contribution in [0.3, 0.4) is 0 Å². The summed E-state index contributed by atoms with van der Waals surface area (Å²) < 4.78 is 11.3. The average Bonchev–Trinajstić information content (AvgIpc) is 2.85. The fourth-order valence-electron chi connectivity index (χ4n) is 4.25. The summed E-state index contributed by atoms with van der Waals surface area (Å²) in [6.07, 6.45) is 3.91. The van der Waals surface area contributed by atoms with Gasteiger partial charge in [0, 0.05) is 11.5 Å². The minimum Gasteiger partial charge on any atom is -0.462 e. The van der Waals surface area contributed by atoms with Gasteiger partial charge in [-0.25, -0.2) is 0 Å². The summed E-state index contributed by atoms with van der Waals surface area (Å²) in [5, 5.41) is 0. The molecule has 1 saturated carbocycles. The van der Waals surface area contributed by atoms with Crippen LogP contribution >= 0.6 is 0 Å². The van der Waals surface area contributed by atoms with Crippen molar-refractivity contribution in [3.8, 4) is 0 Å². The molecule has 0 aromatic carbocycles. The van der Waals surface area contributed by atoms with Crippen molar-refractivity contribution in [1.82, 2.24) is 0 Å². The lowest BCUT2D eigenvalue weighted by Gasteiger charge is -2.50. The molecular formula is C19H26O4. The van der Waals surface area contributed by atoms with Gasteiger partial charge in [0.25, 0.3) is 0 Å². The molecule has 1 aromatic rings. The highest BCUT2D eigenvalue weighted by atomic mass is 16.5. The van der Waals surface area contributed by atoms with Crippen molar-refractivity contribution < 1.29 is 18.7 Å². The van der Waals surface area contributed by atoms with E-state index in [0.29, 0.717) is 5.76 Å². The molecule has 0 bridgehead atoms. The maximum absolute atomic E-state index is 12.9. The molecule has 0 saturated heterocycles. The van der Waals surface area contributed by atoms with Gasteiger partial charge in [0.15, 0.2) is 5.76 Å². The molecule has 4 heteroatoms. The highest BCUT2D eigenvalue weighted by Gasteiger charge is 2.54. The first-order valence-corrected chi connectivity index (χ1v) is 8.57. The van der Waals surface area contributed by atoms with Crippen LogP contribution in [-0.2, 0) is 16.0 Å². The van der Waals surface area contributed by atoms with E-state index in [9.17, 15) is 9.59 Å². The highest BCUT2D eigenvalue weighted by molar-refractivity contribution is 5.98. The van der Waals surface area contributed by atoms with Gasteiger partial charge in [-0.3, -0.25) is 9.59 Å². The zero-order chi connectivity index (χ0) is 16.9. The average molecular weight is 318 g/mol. The summed E-state index contributed by atoms with van der Waals surface area (Å²) in [7, 11) is 0. The molecule has 1 fully saturated rings. The van der Waals surface area contributed by atoms with Crippen LogP contribution in [0.25, 0.3) is 0 Å². The second-order valence-corrected chi connectivity index (χ2v) is 7.82. The predicted octanol–water partition coefficient (Wildman–Crippen LogP) is 3.95. The Labute approximate surface area is 137 Å². The number of carbonyl (C=O) groups is 2. The summed E-state index contributed by atoms with van der Waals surface area (Å²) in [5.74, 6) is 0.520. The van der Waals surface area contributed by atoms with Crippen molar-refractivity contribution in [3.05, 3.63) is 23.2 Å². The number of aryl methyl sites for hydroxylation is 1. The fraction of sp³-hybridized carbons (Fsp3) is 0.684. The van der Waals surface area contributed by atoms with Crippen molar-refractivity contribution in [2.75, 3.05) is 0 Å². The standard InChI is InChI=1S/C19H26O4/c1-10(2)18(21)23-15-7-6-14-16(20)17-13(11(3)9-22-17)8-19(14,5)12(15)4/h9-10,12,14-15H,6-8H2,1-5H3/t12-,14-,15+,19+/m0/s1. The summed E-state index contributed by atoms with van der Waals surface area (Å²) in [6, 6.07) is 0. The first-order chi connectivity index (χ1) is 10.8. The third kappa shape index (κ3) is 2.43. The summed E-state index contributed by atoms with van der Waals surface area (Å²) >= 11 is 0. The van der Waals surface area contributed by atoms with Crippen molar-refractivity contribution >= 4 is 11.8 Å². The Hall–Kier alpha value is -1.58. The Morgan fingerprint density at radius 1 is 1.39 bits per heavy atom. The van der Waals surface area contributed by atoms with Crippen molar-refractivity contribution in [1.29, 1.82) is 0 Å². The second kappa shape index (κ2) is 5.50. The van der Waals surface area contributed by atoms with E-state index in [0.717, 1.165) is 30.4 Å². The van der Waals surface area contributed by atoms with E-state index >= 15 is 0 Å². The van der Waals surface area contributed by atoms with Crippen LogP contribution in [0.15, 0.2) is 10.7 Å². The van der Waals surface area contributed by atoms with Gasteiger partial charge in [-0.1, -0.05) is 27.7 Å². The van der Waals surface area contributed by atoms with Gasteiger partial charge in [0.2, 0.25) is 5.78 Å². The van der Waals surface area contributed by atoms with Gasteiger partial charge >= 0.3 is 5.97 Å². The van der Waals surface area contributed by atoms with E-state index in [1.807, 2.05) is 20.8 Å². The van der Waals surface area contributed by atoms with E-state index in [-0.39, 0.29) is 41.0 Å². The predicted molar refractivity (Wildman–Crippen MR) is 86.2 cm³/mol. The molecular weight excluding hydrogens is 292 g/mol. The lowest BCUT2D eigenvalue weighted by Crippen LogP contribution is -2.52. The molecule has 2 aliphatic rings. The SMILES string of the molecule is Cc1coc2c1C[C@@]1(C)[C@@H](CC[C@@H](OC(=O)C(C)C)[C@@H]1C)C2=O. The Balaban J connectivity index is 1.90. The topological polar surface area (TPSA) is 56.5 Å². The van der Waals surface area contributed by atoms with Crippen molar-refractivity contribution in [3.63, 3.8) is 0 Å². The first kappa shape index (κ1) is 16.3. The minimum absolute atomic E-state index is 0.0375. The van der Waals surface area contributed by atoms with Gasteiger partial charge < -0.3 is 9.15 Å². The molecule has 0 aliphatic heterocycles. The number of ether oxygens (including phenoxy) is 1. The maximum Gasteiger partial charge on any atom is 0.308 e. The number of furan rings is 1. The molecule has 4 nitrogen and oxygen atoms in total. The number of esters is 1. The van der Waals surface area contributed by atoms with Crippen LogP contribution in [0.4, 0.5) is 0 Å². The molecule has 3 rings (SSSR count).